The summed E-state index contributed by atoms with van der Waals surface area (Å²) in [5.41, 5.74) is 0.899. The number of nitrogens with zero attached hydrogens (tertiary/aromatic N) is 1. The Bertz CT molecular complexity index is 560. The van der Waals surface area contributed by atoms with Crippen LogP contribution in [-0.2, 0) is 16.0 Å². The number of halogens is 1. The summed E-state index contributed by atoms with van der Waals surface area (Å²) in [7, 11) is 0. The summed E-state index contributed by atoms with van der Waals surface area (Å²) in [5.74, 6) is -0.487. The summed E-state index contributed by atoms with van der Waals surface area (Å²) in [5, 5.41) is 12.1. The van der Waals surface area contributed by atoms with Gasteiger partial charge in [-0.2, -0.15) is 5.26 Å². The molecule has 1 aromatic carbocycles. The molecule has 0 aromatic heterocycles. The topological polar surface area (TPSA) is 62.1 Å². The van der Waals surface area contributed by atoms with Crippen LogP contribution in [0.2, 0.25) is 0 Å². The van der Waals surface area contributed by atoms with Gasteiger partial charge >= 0.3 is 0 Å². The molecule has 1 amide bonds. The Kier molecular flexibility index (Phi) is 4.92. The van der Waals surface area contributed by atoms with E-state index in [1.807, 2.05) is 6.92 Å². The van der Waals surface area contributed by atoms with Gasteiger partial charge in [-0.15, -0.1) is 0 Å². The highest BCUT2D eigenvalue weighted by atomic mass is 19.1. The minimum Gasteiger partial charge on any atom is -0.381 e. The zero-order valence-corrected chi connectivity index (χ0v) is 12.1. The van der Waals surface area contributed by atoms with Crippen LogP contribution in [0.25, 0.3) is 0 Å². The number of carbonyl (C=O) groups is 1. The van der Waals surface area contributed by atoms with Crippen LogP contribution < -0.4 is 5.32 Å². The summed E-state index contributed by atoms with van der Waals surface area (Å²) in [6.45, 7) is 3.17. The fourth-order valence-corrected chi connectivity index (χ4v) is 2.53. The number of hydrogen-bond acceptors (Lipinski definition) is 3. The van der Waals surface area contributed by atoms with Crippen LogP contribution in [0, 0.1) is 29.5 Å². The average molecular weight is 290 g/mol. The fraction of sp³-hybridized carbons (Fsp3) is 0.500. The van der Waals surface area contributed by atoms with Crippen molar-refractivity contribution >= 4 is 5.91 Å². The van der Waals surface area contributed by atoms with E-state index < -0.39 is 5.41 Å². The maximum atomic E-state index is 13.0. The molecule has 1 aromatic rings. The quantitative estimate of drug-likeness (QED) is 0.924. The van der Waals surface area contributed by atoms with E-state index in [9.17, 15) is 14.4 Å². The zero-order valence-electron chi connectivity index (χ0n) is 12.1. The minimum absolute atomic E-state index is 0.229. The maximum Gasteiger partial charge on any atom is 0.240 e. The standard InChI is InChI=1S/C16H19FN2O2/c1-12-10-14(17)3-2-13(12)4-7-19-15(20)16(11-18)5-8-21-9-6-16/h2-3,10H,4-9H2,1H3,(H,19,20). The molecule has 0 unspecified atom stereocenters. The Morgan fingerprint density at radius 3 is 2.81 bits per heavy atom. The van der Waals surface area contributed by atoms with Gasteiger partial charge in [0, 0.05) is 19.8 Å². The molecule has 5 heteroatoms. The van der Waals surface area contributed by atoms with E-state index >= 15 is 0 Å². The van der Waals surface area contributed by atoms with Crippen LogP contribution in [0.3, 0.4) is 0 Å². The van der Waals surface area contributed by atoms with Crippen molar-refractivity contribution in [3.63, 3.8) is 0 Å². The van der Waals surface area contributed by atoms with Crippen molar-refractivity contribution in [2.75, 3.05) is 19.8 Å². The molecular weight excluding hydrogens is 271 g/mol. The summed E-state index contributed by atoms with van der Waals surface area (Å²) in [4.78, 5) is 12.2. The first-order valence-electron chi connectivity index (χ1n) is 7.10. The van der Waals surface area contributed by atoms with Crippen molar-refractivity contribution < 1.29 is 13.9 Å². The summed E-state index contributed by atoms with van der Waals surface area (Å²) in [6, 6.07) is 6.77. The number of nitrogens with one attached hydrogen (secondary N) is 1. The molecule has 112 valence electrons. The lowest BCUT2D eigenvalue weighted by Gasteiger charge is -2.29. The highest BCUT2D eigenvalue weighted by molar-refractivity contribution is 5.85. The lowest BCUT2D eigenvalue weighted by Crippen LogP contribution is -2.44. The van der Waals surface area contributed by atoms with E-state index in [0.717, 1.165) is 11.1 Å². The van der Waals surface area contributed by atoms with Crippen LogP contribution in [0.1, 0.15) is 24.0 Å². The maximum absolute atomic E-state index is 13.0. The highest BCUT2D eigenvalue weighted by Crippen LogP contribution is 2.29. The van der Waals surface area contributed by atoms with Crippen LogP contribution in [0.15, 0.2) is 18.2 Å². The molecule has 1 N–H and O–H groups in total. The summed E-state index contributed by atoms with van der Waals surface area (Å²) < 4.78 is 18.2. The van der Waals surface area contributed by atoms with Gasteiger partial charge in [-0.25, -0.2) is 4.39 Å². The van der Waals surface area contributed by atoms with Gasteiger partial charge in [0.05, 0.1) is 6.07 Å². The van der Waals surface area contributed by atoms with E-state index in [1.54, 1.807) is 6.07 Å². The Morgan fingerprint density at radius 2 is 2.19 bits per heavy atom. The number of rotatable bonds is 4. The average Bonchev–Trinajstić information content (AvgIpc) is 2.50. The Balaban J connectivity index is 1.90. The van der Waals surface area contributed by atoms with Crippen LogP contribution >= 0.6 is 0 Å². The molecule has 1 fully saturated rings. The van der Waals surface area contributed by atoms with E-state index in [-0.39, 0.29) is 11.7 Å². The molecule has 2 rings (SSSR count). The summed E-state index contributed by atoms with van der Waals surface area (Å²) >= 11 is 0. The second-order valence-electron chi connectivity index (χ2n) is 5.38. The SMILES string of the molecule is Cc1cc(F)ccc1CCNC(=O)C1(C#N)CCOCC1. The number of benzene rings is 1. The van der Waals surface area contributed by atoms with Crippen molar-refractivity contribution in [3.8, 4) is 6.07 Å². The third-order valence-electron chi connectivity index (χ3n) is 3.98. The van der Waals surface area contributed by atoms with Crippen molar-refractivity contribution in [3.05, 3.63) is 35.1 Å². The normalized spacial score (nSPS) is 17.0. The largest absolute Gasteiger partial charge is 0.381 e. The Morgan fingerprint density at radius 1 is 1.48 bits per heavy atom. The van der Waals surface area contributed by atoms with Crippen LogP contribution in [0.4, 0.5) is 4.39 Å². The molecule has 0 radical (unpaired) electrons. The van der Waals surface area contributed by atoms with Gasteiger partial charge in [-0.05, 0) is 49.4 Å². The van der Waals surface area contributed by atoms with Crippen molar-refractivity contribution in [1.82, 2.24) is 5.32 Å². The number of carbonyl (C=O) groups excluding carboxylic acids is 1. The van der Waals surface area contributed by atoms with Gasteiger partial charge < -0.3 is 10.1 Å². The van der Waals surface area contributed by atoms with E-state index in [1.165, 1.54) is 12.1 Å². The van der Waals surface area contributed by atoms with E-state index in [4.69, 9.17) is 4.74 Å². The molecule has 1 aliphatic heterocycles. The van der Waals surface area contributed by atoms with E-state index in [0.29, 0.717) is 39.0 Å². The first-order chi connectivity index (χ1) is 10.1. The predicted molar refractivity (Wildman–Crippen MR) is 75.9 cm³/mol. The Labute approximate surface area is 123 Å². The molecule has 1 saturated heterocycles. The number of nitriles is 1. The van der Waals surface area contributed by atoms with E-state index in [2.05, 4.69) is 11.4 Å². The molecular formula is C16H19FN2O2. The lowest BCUT2D eigenvalue weighted by atomic mass is 9.81. The van der Waals surface area contributed by atoms with Gasteiger partial charge in [0.15, 0.2) is 0 Å². The van der Waals surface area contributed by atoms with Crippen molar-refractivity contribution in [2.24, 2.45) is 5.41 Å². The van der Waals surface area contributed by atoms with Crippen LogP contribution in [-0.4, -0.2) is 25.7 Å². The molecule has 1 heterocycles. The van der Waals surface area contributed by atoms with Gasteiger partial charge in [0.2, 0.25) is 5.91 Å². The Hall–Kier alpha value is -1.93. The second-order valence-corrected chi connectivity index (χ2v) is 5.38. The predicted octanol–water partition coefficient (Wildman–Crippen LogP) is 2.11. The lowest BCUT2D eigenvalue weighted by molar-refractivity contribution is -0.132. The minimum atomic E-state index is -0.962. The van der Waals surface area contributed by atoms with Crippen molar-refractivity contribution in [2.45, 2.75) is 26.2 Å². The molecule has 0 aliphatic carbocycles. The third kappa shape index (κ3) is 3.59. The number of amides is 1. The molecule has 0 spiro atoms. The molecule has 0 bridgehead atoms. The van der Waals surface area contributed by atoms with Gasteiger partial charge in [-0.1, -0.05) is 6.07 Å². The van der Waals surface area contributed by atoms with Crippen LogP contribution in [0.5, 0.6) is 0 Å². The summed E-state index contributed by atoms with van der Waals surface area (Å²) in [6.07, 6.45) is 1.49. The number of ether oxygens (including phenoxy) is 1. The van der Waals surface area contributed by atoms with Gasteiger partial charge in [0.1, 0.15) is 11.2 Å². The number of hydrogen-bond donors (Lipinski definition) is 1. The molecule has 0 atom stereocenters. The highest BCUT2D eigenvalue weighted by Gasteiger charge is 2.40. The smallest absolute Gasteiger partial charge is 0.240 e. The fourth-order valence-electron chi connectivity index (χ4n) is 2.53. The monoisotopic (exact) mass is 290 g/mol. The third-order valence-corrected chi connectivity index (χ3v) is 3.98. The van der Waals surface area contributed by atoms with Gasteiger partial charge in [0.25, 0.3) is 0 Å². The molecule has 0 saturated carbocycles. The first kappa shape index (κ1) is 15.5. The van der Waals surface area contributed by atoms with Gasteiger partial charge in [-0.3, -0.25) is 4.79 Å². The zero-order chi connectivity index (χ0) is 15.3. The molecule has 1 aliphatic rings. The second kappa shape index (κ2) is 6.68. The number of aryl methyl sites for hydroxylation is 1. The molecule has 4 nitrogen and oxygen atoms in total. The van der Waals surface area contributed by atoms with Crippen molar-refractivity contribution in [1.29, 1.82) is 5.26 Å². The first-order valence-corrected chi connectivity index (χ1v) is 7.10. The molecule has 21 heavy (non-hydrogen) atoms.